The van der Waals surface area contributed by atoms with Gasteiger partial charge >= 0.3 is 6.11 Å². The molecule has 0 N–H and O–H groups in total. The summed E-state index contributed by atoms with van der Waals surface area (Å²) in [5.74, 6) is 0.143. The second-order valence-electron chi connectivity index (χ2n) is 2.33. The Kier molecular flexibility index (Phi) is 2.63. The summed E-state index contributed by atoms with van der Waals surface area (Å²) in [5, 5.41) is 0. The Morgan fingerprint density at radius 2 is 2.33 bits per heavy atom. The van der Waals surface area contributed by atoms with Crippen LogP contribution in [0, 0.1) is 6.07 Å². The summed E-state index contributed by atoms with van der Waals surface area (Å²) in [7, 11) is 0. The van der Waals surface area contributed by atoms with Crippen LogP contribution in [0.5, 0.6) is 5.75 Å². The average Bonchev–Trinajstić information content (AvgIpc) is 2.06. The van der Waals surface area contributed by atoms with Crippen LogP contribution < -0.4 is 4.74 Å². The van der Waals surface area contributed by atoms with Gasteiger partial charge in [-0.2, -0.15) is 8.78 Å². The number of rotatable bonds is 3. The average molecular weight is 171 g/mol. The van der Waals surface area contributed by atoms with Gasteiger partial charge in [-0.25, -0.2) is 0 Å². The Labute approximate surface area is 70.0 Å². The minimum absolute atomic E-state index is 0.143. The molecule has 65 valence electrons. The summed E-state index contributed by atoms with van der Waals surface area (Å²) < 4.78 is 29.6. The van der Waals surface area contributed by atoms with Crippen LogP contribution in [-0.4, -0.2) is 6.11 Å². The highest BCUT2D eigenvalue weighted by atomic mass is 19.3. The molecule has 12 heavy (non-hydrogen) atoms. The van der Waals surface area contributed by atoms with Crippen molar-refractivity contribution >= 4 is 0 Å². The molecule has 0 unspecified atom stereocenters. The van der Waals surface area contributed by atoms with E-state index in [4.69, 9.17) is 0 Å². The van der Waals surface area contributed by atoms with Crippen LogP contribution in [0.25, 0.3) is 0 Å². The second kappa shape index (κ2) is 3.52. The molecule has 0 bridgehead atoms. The maximum absolute atomic E-state index is 12.6. The molecule has 0 saturated carbocycles. The second-order valence-corrected chi connectivity index (χ2v) is 2.33. The topological polar surface area (TPSA) is 9.23 Å². The predicted molar refractivity (Wildman–Crippen MR) is 41.1 cm³/mol. The van der Waals surface area contributed by atoms with E-state index in [1.807, 2.05) is 0 Å². The van der Waals surface area contributed by atoms with E-state index in [1.54, 1.807) is 12.1 Å². The van der Waals surface area contributed by atoms with Gasteiger partial charge in [0, 0.05) is 6.42 Å². The number of alkyl halides is 2. The Bertz CT molecular complexity index is 234. The summed E-state index contributed by atoms with van der Waals surface area (Å²) in [6.45, 7) is 1.37. The minimum Gasteiger partial charge on any atom is -0.433 e. The summed E-state index contributed by atoms with van der Waals surface area (Å²) >= 11 is 0. The van der Waals surface area contributed by atoms with Crippen LogP contribution in [0.4, 0.5) is 8.78 Å². The first-order valence-electron chi connectivity index (χ1n) is 3.67. The van der Waals surface area contributed by atoms with Crippen LogP contribution in [0.15, 0.2) is 24.3 Å². The quantitative estimate of drug-likeness (QED) is 0.679. The Balaban J connectivity index is 2.64. The van der Waals surface area contributed by atoms with Crippen molar-refractivity contribution in [1.82, 2.24) is 0 Å². The molecular weight excluding hydrogens is 162 g/mol. The van der Waals surface area contributed by atoms with Crippen molar-refractivity contribution in [2.75, 3.05) is 0 Å². The summed E-state index contributed by atoms with van der Waals surface area (Å²) in [6.07, 6.45) is -3.41. The van der Waals surface area contributed by atoms with Gasteiger partial charge in [-0.05, 0) is 18.2 Å². The maximum Gasteiger partial charge on any atom is 0.397 e. The van der Waals surface area contributed by atoms with Gasteiger partial charge in [0.05, 0.1) is 0 Å². The van der Waals surface area contributed by atoms with Crippen molar-refractivity contribution < 1.29 is 13.5 Å². The lowest BCUT2D eigenvalue weighted by molar-refractivity contribution is -0.177. The third kappa shape index (κ3) is 2.49. The lowest BCUT2D eigenvalue weighted by Gasteiger charge is -2.15. The molecule has 0 fully saturated rings. The van der Waals surface area contributed by atoms with Crippen LogP contribution in [-0.2, 0) is 0 Å². The molecule has 1 nitrogen and oxygen atoms in total. The first kappa shape index (κ1) is 8.97. The summed E-state index contributed by atoms with van der Waals surface area (Å²) in [5.41, 5.74) is 0. The molecule has 0 aliphatic carbocycles. The van der Waals surface area contributed by atoms with E-state index in [1.165, 1.54) is 19.1 Å². The fourth-order valence-electron chi connectivity index (χ4n) is 0.685. The zero-order valence-corrected chi connectivity index (χ0v) is 6.68. The molecule has 0 saturated heterocycles. The molecule has 0 spiro atoms. The molecule has 1 radical (unpaired) electrons. The third-order valence-corrected chi connectivity index (χ3v) is 1.36. The Hall–Kier alpha value is -1.12. The maximum atomic E-state index is 12.6. The normalized spacial score (nSPS) is 11.2. The van der Waals surface area contributed by atoms with Crippen molar-refractivity contribution in [3.63, 3.8) is 0 Å². The van der Waals surface area contributed by atoms with Crippen molar-refractivity contribution in [3.05, 3.63) is 30.3 Å². The largest absolute Gasteiger partial charge is 0.433 e. The Morgan fingerprint density at radius 1 is 1.58 bits per heavy atom. The van der Waals surface area contributed by atoms with Crippen LogP contribution >= 0.6 is 0 Å². The van der Waals surface area contributed by atoms with Crippen LogP contribution in [0.2, 0.25) is 0 Å². The van der Waals surface area contributed by atoms with Gasteiger partial charge in [0.15, 0.2) is 0 Å². The zero-order valence-electron chi connectivity index (χ0n) is 6.68. The van der Waals surface area contributed by atoms with Crippen LogP contribution in [0.1, 0.15) is 13.3 Å². The molecule has 3 heteroatoms. The van der Waals surface area contributed by atoms with Gasteiger partial charge in [0.2, 0.25) is 0 Å². The lowest BCUT2D eigenvalue weighted by Crippen LogP contribution is -2.22. The number of ether oxygens (including phenoxy) is 1. The van der Waals surface area contributed by atoms with Gasteiger partial charge in [-0.1, -0.05) is 19.1 Å². The predicted octanol–water partition coefficient (Wildman–Crippen LogP) is 2.87. The lowest BCUT2D eigenvalue weighted by atomic mass is 10.3. The molecule has 1 aromatic rings. The van der Waals surface area contributed by atoms with Crippen molar-refractivity contribution in [2.45, 2.75) is 19.5 Å². The highest BCUT2D eigenvalue weighted by Crippen LogP contribution is 2.23. The highest BCUT2D eigenvalue weighted by Gasteiger charge is 2.28. The highest BCUT2D eigenvalue weighted by molar-refractivity contribution is 5.20. The van der Waals surface area contributed by atoms with Crippen molar-refractivity contribution in [1.29, 1.82) is 0 Å². The molecule has 0 amide bonds. The van der Waals surface area contributed by atoms with E-state index in [2.05, 4.69) is 10.8 Å². The minimum atomic E-state index is -3.07. The zero-order chi connectivity index (χ0) is 9.03. The molecule has 0 aliphatic heterocycles. The fourth-order valence-corrected chi connectivity index (χ4v) is 0.685. The van der Waals surface area contributed by atoms with Gasteiger partial charge < -0.3 is 4.74 Å². The summed E-state index contributed by atoms with van der Waals surface area (Å²) in [4.78, 5) is 0. The molecule has 1 aromatic carbocycles. The fraction of sp³-hybridized carbons (Fsp3) is 0.333. The Morgan fingerprint density at radius 3 is 2.83 bits per heavy atom. The smallest absolute Gasteiger partial charge is 0.397 e. The number of benzene rings is 1. The molecule has 1 rings (SSSR count). The number of hydrogen-bond acceptors (Lipinski definition) is 1. The van der Waals surface area contributed by atoms with E-state index < -0.39 is 6.11 Å². The first-order valence-corrected chi connectivity index (χ1v) is 3.67. The van der Waals surface area contributed by atoms with E-state index >= 15 is 0 Å². The molecule has 0 heterocycles. The number of hydrogen-bond donors (Lipinski definition) is 0. The van der Waals surface area contributed by atoms with E-state index in [0.29, 0.717) is 0 Å². The molecular formula is C9H9F2O. The number of halogens is 2. The molecule has 0 aromatic heterocycles. The van der Waals surface area contributed by atoms with E-state index in [9.17, 15) is 8.78 Å². The van der Waals surface area contributed by atoms with Gasteiger partial charge in [0.1, 0.15) is 5.75 Å². The first-order chi connectivity index (χ1) is 5.64. The SMILES string of the molecule is CCC(F)(F)Oc1c[c]ccc1. The molecule has 0 atom stereocenters. The monoisotopic (exact) mass is 171 g/mol. The summed E-state index contributed by atoms with van der Waals surface area (Å²) in [6, 6.07) is 8.72. The van der Waals surface area contributed by atoms with Gasteiger partial charge in [-0.15, -0.1) is 0 Å². The van der Waals surface area contributed by atoms with Gasteiger partial charge in [-0.3, -0.25) is 0 Å². The molecule has 0 aliphatic rings. The van der Waals surface area contributed by atoms with Crippen LogP contribution in [0.3, 0.4) is 0 Å². The van der Waals surface area contributed by atoms with E-state index in [-0.39, 0.29) is 12.2 Å². The third-order valence-electron chi connectivity index (χ3n) is 1.36. The standard InChI is InChI=1S/C9H9F2O/c1-2-9(10,11)12-8-6-4-3-5-7-8/h3-4,6-7H,2H2,1H3. The van der Waals surface area contributed by atoms with Crippen molar-refractivity contribution in [3.8, 4) is 5.75 Å². The van der Waals surface area contributed by atoms with E-state index in [0.717, 1.165) is 0 Å². The van der Waals surface area contributed by atoms with Crippen molar-refractivity contribution in [2.24, 2.45) is 0 Å². The van der Waals surface area contributed by atoms with Gasteiger partial charge in [0.25, 0.3) is 0 Å².